The number of aromatic nitrogens is 4. The first-order valence-corrected chi connectivity index (χ1v) is 10.1. The Hall–Kier alpha value is -3.36. The number of imidazole rings is 1. The van der Waals surface area contributed by atoms with Crippen molar-refractivity contribution < 1.29 is 9.07 Å². The number of nitrogen functional groups attached to an aromatic ring is 1. The van der Waals surface area contributed by atoms with Gasteiger partial charge in [-0.05, 0) is 25.0 Å². The molecule has 4 heterocycles. The molecule has 0 bridgehead atoms. The van der Waals surface area contributed by atoms with E-state index in [0.717, 1.165) is 55.9 Å². The Morgan fingerprint density at radius 1 is 1.00 bits per heavy atom. The number of nitrogens with one attached hydrogen (secondary N) is 1. The number of amides is 2. The molecule has 156 valence electrons. The fraction of sp³-hybridized carbons (Fsp3) is 0.400. The summed E-state index contributed by atoms with van der Waals surface area (Å²) in [5, 5.41) is 0. The number of hydrogen-bond donors (Lipinski definition) is 2. The van der Waals surface area contributed by atoms with E-state index in [1.54, 1.807) is 6.20 Å². The molecule has 29 heavy (non-hydrogen) atoms. The minimum atomic E-state index is 0. The van der Waals surface area contributed by atoms with Crippen LogP contribution in [0, 0.1) is 0 Å². The number of nitrogens with two attached hydrogens (primary N) is 1. The zero-order chi connectivity index (χ0) is 19.8. The number of piperazine rings is 1. The van der Waals surface area contributed by atoms with Crippen LogP contribution in [0.4, 0.5) is 16.4 Å². The molecule has 2 amide bonds. The van der Waals surface area contributed by atoms with Crippen LogP contribution >= 0.6 is 0 Å². The van der Waals surface area contributed by atoms with Gasteiger partial charge in [-0.15, -0.1) is 0 Å². The molecule has 2 fully saturated rings. The van der Waals surface area contributed by atoms with Crippen molar-refractivity contribution in [2.24, 2.45) is 0 Å². The van der Waals surface area contributed by atoms with Crippen molar-refractivity contribution in [3.63, 3.8) is 0 Å². The highest BCUT2D eigenvalue weighted by atomic mass is 16.2. The fourth-order valence-electron chi connectivity index (χ4n) is 4.02. The van der Waals surface area contributed by atoms with E-state index in [2.05, 4.69) is 19.9 Å². The molecule has 3 aromatic rings. The minimum Gasteiger partial charge on any atom is -0.382 e. The van der Waals surface area contributed by atoms with Gasteiger partial charge in [-0.25, -0.2) is 19.7 Å². The number of nitrogens with zero attached hydrogens (tertiary/aromatic N) is 6. The highest BCUT2D eigenvalue weighted by Crippen LogP contribution is 2.25. The maximum Gasteiger partial charge on any atom is 0.320 e. The van der Waals surface area contributed by atoms with Crippen LogP contribution in [0.15, 0.2) is 30.5 Å². The average Bonchev–Trinajstić information content (AvgIpc) is 3.44. The Balaban J connectivity index is 0.00000121. The number of likely N-dealkylation sites (tertiary alicyclic amines) is 1. The van der Waals surface area contributed by atoms with E-state index < -0.39 is 0 Å². The normalized spacial score (nSPS) is 17.3. The number of anilines is 2. The smallest absolute Gasteiger partial charge is 0.320 e. The summed E-state index contributed by atoms with van der Waals surface area (Å²) in [4.78, 5) is 35.6. The van der Waals surface area contributed by atoms with E-state index in [0.29, 0.717) is 30.4 Å². The molecular weight excluding hydrogens is 368 g/mol. The SMILES string of the molecule is Nc1ncc(N2CCN(C(=O)N3CCCC3)CC2)nc1-c1nc2ccccc2[nH]1.[HH].[HH].[HH]. The molecule has 0 aliphatic carbocycles. The van der Waals surface area contributed by atoms with Gasteiger partial charge >= 0.3 is 6.03 Å². The highest BCUT2D eigenvalue weighted by Gasteiger charge is 2.27. The van der Waals surface area contributed by atoms with Crippen molar-refractivity contribution in [2.45, 2.75) is 12.8 Å². The third-order valence-electron chi connectivity index (χ3n) is 5.65. The first-order valence-electron chi connectivity index (χ1n) is 10.1. The number of H-pyrrole nitrogens is 1. The summed E-state index contributed by atoms with van der Waals surface area (Å²) < 4.78 is 0. The van der Waals surface area contributed by atoms with E-state index in [1.807, 2.05) is 34.1 Å². The van der Waals surface area contributed by atoms with Crippen LogP contribution in [0.5, 0.6) is 0 Å². The summed E-state index contributed by atoms with van der Waals surface area (Å²) in [5.74, 6) is 1.71. The molecule has 0 radical (unpaired) electrons. The monoisotopic (exact) mass is 398 g/mol. The van der Waals surface area contributed by atoms with Crippen molar-refractivity contribution >= 4 is 28.7 Å². The third kappa shape index (κ3) is 3.32. The summed E-state index contributed by atoms with van der Waals surface area (Å²) in [6, 6.07) is 7.98. The van der Waals surface area contributed by atoms with Crippen LogP contribution in [0.25, 0.3) is 22.6 Å². The van der Waals surface area contributed by atoms with E-state index in [1.165, 1.54) is 0 Å². The number of rotatable bonds is 2. The first-order chi connectivity index (χ1) is 14.2. The van der Waals surface area contributed by atoms with E-state index in [-0.39, 0.29) is 10.3 Å². The second-order valence-corrected chi connectivity index (χ2v) is 7.52. The van der Waals surface area contributed by atoms with Gasteiger partial charge in [-0.1, -0.05) is 12.1 Å². The number of carbonyl (C=O) groups is 1. The molecule has 2 saturated heterocycles. The van der Waals surface area contributed by atoms with Gasteiger partial charge in [0.1, 0.15) is 5.82 Å². The Labute approximate surface area is 173 Å². The summed E-state index contributed by atoms with van der Waals surface area (Å²) in [6.45, 7) is 4.56. The quantitative estimate of drug-likeness (QED) is 0.687. The zero-order valence-corrected chi connectivity index (χ0v) is 16.2. The molecule has 2 aliphatic heterocycles. The Bertz CT molecular complexity index is 1020. The van der Waals surface area contributed by atoms with Gasteiger partial charge < -0.3 is 25.4 Å². The molecule has 0 spiro atoms. The molecular formula is C20H30N8O. The van der Waals surface area contributed by atoms with Crippen LogP contribution in [0.1, 0.15) is 17.1 Å². The Morgan fingerprint density at radius 3 is 2.48 bits per heavy atom. The number of fused-ring (bicyclic) bond motifs is 1. The van der Waals surface area contributed by atoms with Crippen molar-refractivity contribution in [3.05, 3.63) is 30.5 Å². The largest absolute Gasteiger partial charge is 0.382 e. The Kier molecular flexibility index (Phi) is 4.42. The summed E-state index contributed by atoms with van der Waals surface area (Å²) >= 11 is 0. The molecule has 3 N–H and O–H groups in total. The maximum atomic E-state index is 12.6. The Morgan fingerprint density at radius 2 is 1.72 bits per heavy atom. The van der Waals surface area contributed by atoms with Gasteiger partial charge in [0.25, 0.3) is 0 Å². The minimum absolute atomic E-state index is 0. The topological polar surface area (TPSA) is 107 Å². The standard InChI is InChI=1S/C20H24N8O.3H2/c21-18-17(19-23-14-5-1-2-6-15(14)24-19)25-16(13-22-18)26-9-11-28(12-10-26)20(29)27-7-3-4-8-27;;;/h1-2,5-6,13H,3-4,7-12H2,(H2,21,22)(H,23,24);3*1H. The molecule has 0 atom stereocenters. The second kappa shape index (κ2) is 7.23. The lowest BCUT2D eigenvalue weighted by Gasteiger charge is -2.37. The molecule has 2 aromatic heterocycles. The predicted octanol–water partition coefficient (Wildman–Crippen LogP) is 2.68. The maximum absolute atomic E-state index is 12.6. The van der Waals surface area contributed by atoms with Crippen molar-refractivity contribution in [2.75, 3.05) is 49.9 Å². The number of benzene rings is 1. The van der Waals surface area contributed by atoms with Gasteiger partial charge in [0.05, 0.1) is 17.2 Å². The van der Waals surface area contributed by atoms with E-state index >= 15 is 0 Å². The summed E-state index contributed by atoms with van der Waals surface area (Å²) in [6.07, 6.45) is 3.91. The van der Waals surface area contributed by atoms with E-state index in [4.69, 9.17) is 10.7 Å². The lowest BCUT2D eigenvalue weighted by Crippen LogP contribution is -2.52. The van der Waals surface area contributed by atoms with Gasteiger partial charge in [0, 0.05) is 43.5 Å². The number of aromatic amines is 1. The molecule has 0 saturated carbocycles. The third-order valence-corrected chi connectivity index (χ3v) is 5.65. The number of hydrogen-bond acceptors (Lipinski definition) is 6. The van der Waals surface area contributed by atoms with Gasteiger partial charge in [-0.2, -0.15) is 0 Å². The zero-order valence-electron chi connectivity index (χ0n) is 16.2. The summed E-state index contributed by atoms with van der Waals surface area (Å²) in [5.41, 5.74) is 8.44. The second-order valence-electron chi connectivity index (χ2n) is 7.52. The van der Waals surface area contributed by atoms with Crippen molar-refractivity contribution in [3.8, 4) is 11.5 Å². The van der Waals surface area contributed by atoms with Gasteiger partial charge in [-0.3, -0.25) is 0 Å². The van der Waals surface area contributed by atoms with Crippen LogP contribution in [-0.2, 0) is 0 Å². The molecule has 2 aliphatic rings. The van der Waals surface area contributed by atoms with E-state index in [9.17, 15) is 4.79 Å². The lowest BCUT2D eigenvalue weighted by atomic mass is 10.3. The average molecular weight is 399 g/mol. The molecule has 9 heteroatoms. The molecule has 1 aromatic carbocycles. The number of carbonyl (C=O) groups excluding carboxylic acids is 1. The van der Waals surface area contributed by atoms with Crippen molar-refractivity contribution in [1.29, 1.82) is 0 Å². The van der Waals surface area contributed by atoms with Crippen LogP contribution in [0.2, 0.25) is 0 Å². The van der Waals surface area contributed by atoms with Crippen LogP contribution in [-0.4, -0.2) is 75.0 Å². The van der Waals surface area contributed by atoms with Crippen LogP contribution < -0.4 is 10.6 Å². The summed E-state index contributed by atoms with van der Waals surface area (Å²) in [7, 11) is 0. The fourth-order valence-corrected chi connectivity index (χ4v) is 4.02. The molecule has 0 unspecified atom stereocenters. The van der Waals surface area contributed by atoms with Crippen LogP contribution in [0.3, 0.4) is 0 Å². The molecule has 9 nitrogen and oxygen atoms in total. The first kappa shape index (κ1) is 17.7. The molecule has 5 rings (SSSR count). The van der Waals surface area contributed by atoms with Gasteiger partial charge in [0.15, 0.2) is 17.3 Å². The lowest BCUT2D eigenvalue weighted by molar-refractivity contribution is 0.159. The number of para-hydroxylation sites is 2. The van der Waals surface area contributed by atoms with Gasteiger partial charge in [0.2, 0.25) is 0 Å². The van der Waals surface area contributed by atoms with Crippen molar-refractivity contribution in [1.82, 2.24) is 29.7 Å². The number of urea groups is 1. The highest BCUT2D eigenvalue weighted by molar-refractivity contribution is 5.80. The predicted molar refractivity (Wildman–Crippen MR) is 118 cm³/mol.